The third kappa shape index (κ3) is 4.62. The molecular weight excluding hydrogens is 268 g/mol. The van der Waals surface area contributed by atoms with Crippen molar-refractivity contribution in [1.82, 2.24) is 0 Å². The maximum absolute atomic E-state index is 11.5. The molecule has 4 heteroatoms. The third-order valence-electron chi connectivity index (χ3n) is 2.78. The summed E-state index contributed by atoms with van der Waals surface area (Å²) >= 11 is 0. The van der Waals surface area contributed by atoms with Gasteiger partial charge < -0.3 is 9.84 Å². The molecule has 21 heavy (non-hydrogen) atoms. The molecule has 106 valence electrons. The van der Waals surface area contributed by atoms with Gasteiger partial charge >= 0.3 is 11.9 Å². The first-order valence-electron chi connectivity index (χ1n) is 6.40. The smallest absolute Gasteiger partial charge is 0.336 e. The average Bonchev–Trinajstić information content (AvgIpc) is 2.48. The van der Waals surface area contributed by atoms with Crippen molar-refractivity contribution < 1.29 is 19.4 Å². The standard InChI is InChI=1S/C17H14O4/c18-16(19)10-11-17(20)21-15-9-5-4-8-14(15)12-13-6-2-1-3-7-13/h1-11H,12H2,(H,18,19)/b11-10+. The van der Waals surface area contributed by atoms with E-state index in [0.29, 0.717) is 12.2 Å². The molecule has 0 amide bonds. The number of hydrogen-bond donors (Lipinski definition) is 1. The zero-order valence-electron chi connectivity index (χ0n) is 11.2. The number of ether oxygens (including phenoxy) is 1. The van der Waals surface area contributed by atoms with E-state index in [0.717, 1.165) is 23.3 Å². The van der Waals surface area contributed by atoms with E-state index in [9.17, 15) is 9.59 Å². The molecule has 0 fully saturated rings. The molecule has 0 bridgehead atoms. The molecule has 2 aromatic carbocycles. The van der Waals surface area contributed by atoms with Gasteiger partial charge in [0.05, 0.1) is 0 Å². The van der Waals surface area contributed by atoms with E-state index in [1.54, 1.807) is 12.1 Å². The minimum Gasteiger partial charge on any atom is -0.478 e. The Morgan fingerprint density at radius 2 is 1.62 bits per heavy atom. The SMILES string of the molecule is O=C(O)/C=C/C(=O)Oc1ccccc1Cc1ccccc1. The zero-order valence-corrected chi connectivity index (χ0v) is 11.2. The molecule has 2 rings (SSSR count). The minimum absolute atomic E-state index is 0.432. The minimum atomic E-state index is -1.19. The van der Waals surface area contributed by atoms with Crippen molar-refractivity contribution in [2.24, 2.45) is 0 Å². The van der Waals surface area contributed by atoms with E-state index in [2.05, 4.69) is 0 Å². The van der Waals surface area contributed by atoms with Crippen molar-refractivity contribution >= 4 is 11.9 Å². The van der Waals surface area contributed by atoms with Gasteiger partial charge in [-0.3, -0.25) is 0 Å². The molecule has 0 saturated heterocycles. The largest absolute Gasteiger partial charge is 0.478 e. The number of benzene rings is 2. The zero-order chi connectivity index (χ0) is 15.1. The van der Waals surface area contributed by atoms with Crippen molar-refractivity contribution in [2.45, 2.75) is 6.42 Å². The number of hydrogen-bond acceptors (Lipinski definition) is 3. The average molecular weight is 282 g/mol. The van der Waals surface area contributed by atoms with Gasteiger partial charge in [0.2, 0.25) is 0 Å². The molecule has 0 aromatic heterocycles. The van der Waals surface area contributed by atoms with Crippen molar-refractivity contribution in [2.75, 3.05) is 0 Å². The van der Waals surface area contributed by atoms with Crippen LogP contribution in [-0.2, 0) is 16.0 Å². The van der Waals surface area contributed by atoms with E-state index in [4.69, 9.17) is 9.84 Å². The molecule has 0 aliphatic carbocycles. The van der Waals surface area contributed by atoms with Crippen molar-refractivity contribution in [3.8, 4) is 5.75 Å². The molecule has 0 unspecified atom stereocenters. The number of esters is 1. The van der Waals surface area contributed by atoms with E-state index in [1.165, 1.54) is 0 Å². The van der Waals surface area contributed by atoms with Crippen LogP contribution >= 0.6 is 0 Å². The second kappa shape index (κ2) is 7.05. The maximum Gasteiger partial charge on any atom is 0.336 e. The van der Waals surface area contributed by atoms with Crippen LogP contribution in [0.1, 0.15) is 11.1 Å². The molecule has 1 N–H and O–H groups in total. The highest BCUT2D eigenvalue weighted by Crippen LogP contribution is 2.21. The van der Waals surface area contributed by atoms with Crippen LogP contribution < -0.4 is 4.74 Å². The van der Waals surface area contributed by atoms with Crippen LogP contribution in [0.15, 0.2) is 66.7 Å². The molecule has 0 saturated carbocycles. The quantitative estimate of drug-likeness (QED) is 0.520. The van der Waals surface area contributed by atoms with Gasteiger partial charge in [0.15, 0.2) is 0 Å². The molecule has 0 heterocycles. The number of carbonyl (C=O) groups is 2. The normalized spacial score (nSPS) is 10.5. The van der Waals surface area contributed by atoms with Gasteiger partial charge in [-0.2, -0.15) is 0 Å². The highest BCUT2D eigenvalue weighted by Gasteiger charge is 2.07. The Labute approximate surface area is 122 Å². The van der Waals surface area contributed by atoms with Gasteiger partial charge in [-0.25, -0.2) is 9.59 Å². The predicted molar refractivity (Wildman–Crippen MR) is 78.1 cm³/mol. The van der Waals surface area contributed by atoms with E-state index in [-0.39, 0.29) is 0 Å². The summed E-state index contributed by atoms with van der Waals surface area (Å²) in [6.07, 6.45) is 2.27. The summed E-state index contributed by atoms with van der Waals surface area (Å²) in [4.78, 5) is 21.9. The maximum atomic E-state index is 11.5. The fraction of sp³-hybridized carbons (Fsp3) is 0.0588. The summed E-state index contributed by atoms with van der Waals surface area (Å²) < 4.78 is 5.18. The predicted octanol–water partition coefficient (Wildman–Crippen LogP) is 2.82. The number of carboxylic acids is 1. The van der Waals surface area contributed by atoms with E-state index < -0.39 is 11.9 Å². The lowest BCUT2D eigenvalue weighted by Crippen LogP contribution is -2.07. The number of rotatable bonds is 5. The van der Waals surface area contributed by atoms with Crippen molar-refractivity contribution in [3.63, 3.8) is 0 Å². The van der Waals surface area contributed by atoms with Gasteiger partial charge in [-0.15, -0.1) is 0 Å². The van der Waals surface area contributed by atoms with Gasteiger partial charge in [0.25, 0.3) is 0 Å². The van der Waals surface area contributed by atoms with Gasteiger partial charge in [0, 0.05) is 18.6 Å². The Balaban J connectivity index is 2.14. The second-order valence-corrected chi connectivity index (χ2v) is 4.36. The monoisotopic (exact) mass is 282 g/mol. The summed E-state index contributed by atoms with van der Waals surface area (Å²) in [6.45, 7) is 0. The van der Waals surface area contributed by atoms with Crippen LogP contribution in [-0.4, -0.2) is 17.0 Å². The van der Waals surface area contributed by atoms with Crippen molar-refractivity contribution in [3.05, 3.63) is 77.9 Å². The van der Waals surface area contributed by atoms with Crippen LogP contribution in [0.3, 0.4) is 0 Å². The summed E-state index contributed by atoms with van der Waals surface area (Å²) in [5.41, 5.74) is 1.96. The molecule has 2 aromatic rings. The summed E-state index contributed by atoms with van der Waals surface area (Å²) in [5.74, 6) is -1.47. The Morgan fingerprint density at radius 3 is 2.33 bits per heavy atom. The number of para-hydroxylation sites is 1. The lowest BCUT2D eigenvalue weighted by atomic mass is 10.0. The molecular formula is C17H14O4. The topological polar surface area (TPSA) is 63.6 Å². The van der Waals surface area contributed by atoms with Gasteiger partial charge in [-0.1, -0.05) is 48.5 Å². The molecule has 0 atom stereocenters. The van der Waals surface area contributed by atoms with Gasteiger partial charge in [-0.05, 0) is 17.2 Å². The second-order valence-electron chi connectivity index (χ2n) is 4.36. The Bertz CT molecular complexity index is 660. The lowest BCUT2D eigenvalue weighted by molar-refractivity contribution is -0.133. The molecule has 0 spiro atoms. The molecule has 0 aliphatic heterocycles. The van der Waals surface area contributed by atoms with E-state index >= 15 is 0 Å². The summed E-state index contributed by atoms with van der Waals surface area (Å²) in [5, 5.41) is 8.48. The van der Waals surface area contributed by atoms with Crippen LogP contribution in [0.25, 0.3) is 0 Å². The number of aliphatic carboxylic acids is 1. The van der Waals surface area contributed by atoms with Crippen LogP contribution in [0.5, 0.6) is 5.75 Å². The highest BCUT2D eigenvalue weighted by molar-refractivity contribution is 5.91. The molecule has 0 aliphatic rings. The Hall–Kier alpha value is -2.88. The first-order valence-corrected chi connectivity index (χ1v) is 6.40. The van der Waals surface area contributed by atoms with Gasteiger partial charge in [0.1, 0.15) is 5.75 Å². The number of carboxylic acid groups (broad SMARTS) is 1. The summed E-state index contributed by atoms with van der Waals surface area (Å²) in [7, 11) is 0. The fourth-order valence-electron chi connectivity index (χ4n) is 1.85. The first-order chi connectivity index (χ1) is 10.1. The van der Waals surface area contributed by atoms with E-state index in [1.807, 2.05) is 42.5 Å². The highest BCUT2D eigenvalue weighted by atomic mass is 16.5. The Morgan fingerprint density at radius 1 is 0.952 bits per heavy atom. The van der Waals surface area contributed by atoms with Crippen LogP contribution in [0.2, 0.25) is 0 Å². The number of carbonyl (C=O) groups excluding carboxylic acids is 1. The molecule has 4 nitrogen and oxygen atoms in total. The Kier molecular flexibility index (Phi) is 4.88. The van der Waals surface area contributed by atoms with Crippen LogP contribution in [0.4, 0.5) is 0 Å². The van der Waals surface area contributed by atoms with Crippen molar-refractivity contribution in [1.29, 1.82) is 0 Å². The first kappa shape index (κ1) is 14.5. The molecule has 0 radical (unpaired) electrons. The fourth-order valence-corrected chi connectivity index (χ4v) is 1.85. The van der Waals surface area contributed by atoms with Crippen LogP contribution in [0, 0.1) is 0 Å². The lowest BCUT2D eigenvalue weighted by Gasteiger charge is -2.08. The summed E-state index contributed by atoms with van der Waals surface area (Å²) in [6, 6.07) is 17.0. The third-order valence-corrected chi connectivity index (χ3v) is 2.78.